The number of hydrogen-bond acceptors (Lipinski definition) is 2. The van der Waals surface area contributed by atoms with Crippen LogP contribution in [0.25, 0.3) is 10.9 Å². The third kappa shape index (κ3) is 3.08. The van der Waals surface area contributed by atoms with E-state index in [9.17, 15) is 0 Å². The van der Waals surface area contributed by atoms with Gasteiger partial charge in [-0.1, -0.05) is 40.9 Å². The summed E-state index contributed by atoms with van der Waals surface area (Å²) in [4.78, 5) is 4.41. The van der Waals surface area contributed by atoms with Crippen LogP contribution in [0.5, 0.6) is 0 Å². The number of rotatable bonds is 3. The summed E-state index contributed by atoms with van der Waals surface area (Å²) >= 11 is 18.2. The second kappa shape index (κ2) is 6.10. The standard InChI is InChI=1S/C16H11Cl3N2/c17-11-4-6-15(14(19)8-11)21-9-10-3-5-13(18)12-2-1-7-20-16(10)12/h1-8,21H,9H2. The Labute approximate surface area is 137 Å². The fraction of sp³-hybridized carbons (Fsp3) is 0.0625. The first kappa shape index (κ1) is 14.5. The maximum Gasteiger partial charge on any atom is 0.0766 e. The van der Waals surface area contributed by atoms with Gasteiger partial charge in [0.2, 0.25) is 0 Å². The largest absolute Gasteiger partial charge is 0.380 e. The molecular formula is C16H11Cl3N2. The second-order valence-electron chi connectivity index (χ2n) is 4.58. The molecule has 2 nitrogen and oxygen atoms in total. The molecular weight excluding hydrogens is 327 g/mol. The smallest absolute Gasteiger partial charge is 0.0766 e. The highest BCUT2D eigenvalue weighted by Crippen LogP contribution is 2.28. The lowest BCUT2D eigenvalue weighted by molar-refractivity contribution is 1.15. The molecule has 0 radical (unpaired) electrons. The molecule has 0 aliphatic carbocycles. The minimum atomic E-state index is 0.591. The predicted octanol–water partition coefficient (Wildman–Crippen LogP) is 5.81. The summed E-state index contributed by atoms with van der Waals surface area (Å²) in [7, 11) is 0. The highest BCUT2D eigenvalue weighted by Gasteiger charge is 2.07. The van der Waals surface area contributed by atoms with Gasteiger partial charge in [-0.3, -0.25) is 4.98 Å². The number of benzene rings is 2. The molecule has 0 aliphatic rings. The molecule has 0 saturated heterocycles. The van der Waals surface area contributed by atoms with Crippen LogP contribution in [0.4, 0.5) is 5.69 Å². The first-order valence-corrected chi connectivity index (χ1v) is 7.49. The normalized spacial score (nSPS) is 10.8. The van der Waals surface area contributed by atoms with Crippen molar-refractivity contribution in [3.63, 3.8) is 0 Å². The first-order chi connectivity index (χ1) is 10.1. The van der Waals surface area contributed by atoms with Crippen LogP contribution in [0.1, 0.15) is 5.56 Å². The number of aromatic nitrogens is 1. The van der Waals surface area contributed by atoms with Gasteiger partial charge in [0, 0.05) is 28.2 Å². The summed E-state index contributed by atoms with van der Waals surface area (Å²) in [5.41, 5.74) is 2.78. The average molecular weight is 338 g/mol. The fourth-order valence-electron chi connectivity index (χ4n) is 2.16. The minimum absolute atomic E-state index is 0.591. The van der Waals surface area contributed by atoms with Crippen LogP contribution in [0.15, 0.2) is 48.7 Å². The summed E-state index contributed by atoms with van der Waals surface area (Å²) in [6.45, 7) is 0.603. The van der Waals surface area contributed by atoms with Gasteiger partial charge in [0.05, 0.1) is 16.2 Å². The summed E-state index contributed by atoms with van der Waals surface area (Å²) < 4.78 is 0. The molecule has 5 heteroatoms. The molecule has 1 heterocycles. The zero-order chi connectivity index (χ0) is 14.8. The molecule has 0 amide bonds. The van der Waals surface area contributed by atoms with E-state index in [0.717, 1.165) is 22.2 Å². The van der Waals surface area contributed by atoms with E-state index in [1.165, 1.54) is 0 Å². The summed E-state index contributed by atoms with van der Waals surface area (Å²) in [6, 6.07) is 13.1. The van der Waals surface area contributed by atoms with Gasteiger partial charge in [-0.25, -0.2) is 0 Å². The minimum Gasteiger partial charge on any atom is -0.380 e. The van der Waals surface area contributed by atoms with Crippen LogP contribution < -0.4 is 5.32 Å². The van der Waals surface area contributed by atoms with E-state index in [1.807, 2.05) is 30.3 Å². The quantitative estimate of drug-likeness (QED) is 0.652. The molecule has 0 atom stereocenters. The summed E-state index contributed by atoms with van der Waals surface area (Å²) in [6.07, 6.45) is 1.76. The Kier molecular flexibility index (Phi) is 4.20. The number of nitrogens with zero attached hydrogens (tertiary/aromatic N) is 1. The van der Waals surface area contributed by atoms with Crippen molar-refractivity contribution < 1.29 is 0 Å². The van der Waals surface area contributed by atoms with Gasteiger partial charge in [0.1, 0.15) is 0 Å². The number of fused-ring (bicyclic) bond motifs is 1. The molecule has 1 aromatic heterocycles. The highest BCUT2D eigenvalue weighted by atomic mass is 35.5. The number of hydrogen-bond donors (Lipinski definition) is 1. The van der Waals surface area contributed by atoms with Crippen molar-refractivity contribution >= 4 is 51.4 Å². The first-order valence-electron chi connectivity index (χ1n) is 6.36. The topological polar surface area (TPSA) is 24.9 Å². The van der Waals surface area contributed by atoms with Crippen LogP contribution in [-0.4, -0.2) is 4.98 Å². The van der Waals surface area contributed by atoms with Crippen LogP contribution in [0.3, 0.4) is 0 Å². The maximum absolute atomic E-state index is 6.19. The molecule has 21 heavy (non-hydrogen) atoms. The Hall–Kier alpha value is -1.48. The predicted molar refractivity (Wildman–Crippen MR) is 90.5 cm³/mol. The summed E-state index contributed by atoms with van der Waals surface area (Å²) in [5.74, 6) is 0. The van der Waals surface area contributed by atoms with Crippen molar-refractivity contribution in [2.45, 2.75) is 6.54 Å². The molecule has 1 N–H and O–H groups in total. The molecule has 2 aromatic carbocycles. The monoisotopic (exact) mass is 336 g/mol. The van der Waals surface area contributed by atoms with E-state index < -0.39 is 0 Å². The van der Waals surface area contributed by atoms with E-state index in [1.54, 1.807) is 18.3 Å². The van der Waals surface area contributed by atoms with E-state index in [-0.39, 0.29) is 0 Å². The Bertz CT molecular complexity index is 803. The third-order valence-electron chi connectivity index (χ3n) is 3.20. The molecule has 0 spiro atoms. The molecule has 0 fully saturated rings. The second-order valence-corrected chi connectivity index (χ2v) is 5.83. The molecule has 0 bridgehead atoms. The van der Waals surface area contributed by atoms with E-state index in [4.69, 9.17) is 34.8 Å². The molecule has 3 aromatic rings. The van der Waals surface area contributed by atoms with Crippen LogP contribution in [0, 0.1) is 0 Å². The number of anilines is 1. The van der Waals surface area contributed by atoms with Crippen molar-refractivity contribution in [3.05, 3.63) is 69.3 Å². The van der Waals surface area contributed by atoms with Crippen LogP contribution in [-0.2, 0) is 6.54 Å². The van der Waals surface area contributed by atoms with Gasteiger partial charge in [-0.2, -0.15) is 0 Å². The molecule has 0 saturated carbocycles. The zero-order valence-electron chi connectivity index (χ0n) is 10.9. The van der Waals surface area contributed by atoms with Crippen LogP contribution in [0.2, 0.25) is 15.1 Å². The van der Waals surface area contributed by atoms with Gasteiger partial charge in [0.15, 0.2) is 0 Å². The molecule has 106 valence electrons. The average Bonchev–Trinajstić information content (AvgIpc) is 2.48. The van der Waals surface area contributed by atoms with Gasteiger partial charge in [-0.15, -0.1) is 0 Å². The van der Waals surface area contributed by atoms with Crippen molar-refractivity contribution in [2.24, 2.45) is 0 Å². The lowest BCUT2D eigenvalue weighted by Crippen LogP contribution is -2.01. The van der Waals surface area contributed by atoms with Crippen molar-refractivity contribution in [1.29, 1.82) is 0 Å². The molecule has 0 aliphatic heterocycles. The maximum atomic E-state index is 6.19. The van der Waals surface area contributed by atoms with Crippen molar-refractivity contribution in [1.82, 2.24) is 4.98 Å². The fourth-order valence-corrected chi connectivity index (χ4v) is 2.85. The Morgan fingerprint density at radius 2 is 1.81 bits per heavy atom. The van der Waals surface area contributed by atoms with Crippen molar-refractivity contribution in [2.75, 3.05) is 5.32 Å². The van der Waals surface area contributed by atoms with Gasteiger partial charge in [0.25, 0.3) is 0 Å². The SMILES string of the molecule is Clc1ccc(NCc2ccc(Cl)c3cccnc23)c(Cl)c1. The van der Waals surface area contributed by atoms with Crippen molar-refractivity contribution in [3.8, 4) is 0 Å². The molecule has 3 rings (SSSR count). The number of nitrogens with one attached hydrogen (secondary N) is 1. The van der Waals surface area contributed by atoms with E-state index in [0.29, 0.717) is 21.6 Å². The Morgan fingerprint density at radius 3 is 2.62 bits per heavy atom. The molecule has 0 unspecified atom stereocenters. The third-order valence-corrected chi connectivity index (χ3v) is 4.08. The Morgan fingerprint density at radius 1 is 0.952 bits per heavy atom. The summed E-state index contributed by atoms with van der Waals surface area (Å²) in [5, 5.41) is 6.15. The Balaban J connectivity index is 1.90. The highest BCUT2D eigenvalue weighted by molar-refractivity contribution is 6.36. The zero-order valence-corrected chi connectivity index (χ0v) is 13.2. The van der Waals surface area contributed by atoms with Gasteiger partial charge < -0.3 is 5.32 Å². The number of pyridine rings is 1. The lowest BCUT2D eigenvalue weighted by Gasteiger charge is -2.11. The van der Waals surface area contributed by atoms with Gasteiger partial charge >= 0.3 is 0 Å². The lowest BCUT2D eigenvalue weighted by atomic mass is 10.1. The van der Waals surface area contributed by atoms with E-state index in [2.05, 4.69) is 10.3 Å². The van der Waals surface area contributed by atoms with Gasteiger partial charge in [-0.05, 0) is 42.0 Å². The van der Waals surface area contributed by atoms with E-state index >= 15 is 0 Å². The van der Waals surface area contributed by atoms with Crippen LogP contribution >= 0.6 is 34.8 Å². The number of halogens is 3.